The Hall–Kier alpha value is -5.96. The Bertz CT molecular complexity index is 2750. The summed E-state index contributed by atoms with van der Waals surface area (Å²) < 4.78 is 2.60. The molecule has 8 aromatic carbocycles. The van der Waals surface area contributed by atoms with Gasteiger partial charge >= 0.3 is 0 Å². The third-order valence-corrected chi connectivity index (χ3v) is 12.7. The summed E-state index contributed by atoms with van der Waals surface area (Å²) in [7, 11) is 0. The zero-order valence-electron chi connectivity index (χ0n) is 30.3. The van der Waals surface area contributed by atoms with E-state index in [1.165, 1.54) is 113 Å². The van der Waals surface area contributed by atoms with Gasteiger partial charge in [0, 0.05) is 26.6 Å². The molecular weight excluding hydrogens is 671 g/mol. The number of nitrogens with zero attached hydrogens (tertiary/aromatic N) is 1. The SMILES string of the molecule is c1ccc(-c2ccc(-c3ccccc3N(c3ccccc3-c3cccc4cccc(C5CCCCC5)c34)c3cccc4c3sc3ccccc34)cc2)cc1. The Morgan fingerprint density at radius 3 is 1.80 bits per heavy atom. The number of hydrogen-bond acceptors (Lipinski definition) is 2. The van der Waals surface area contributed by atoms with Gasteiger partial charge in [0.05, 0.1) is 21.8 Å². The molecule has 0 bridgehead atoms. The van der Waals surface area contributed by atoms with Gasteiger partial charge in [0.2, 0.25) is 0 Å². The van der Waals surface area contributed by atoms with Gasteiger partial charge in [-0.1, -0.05) is 177 Å². The second kappa shape index (κ2) is 14.1. The molecule has 1 aliphatic carbocycles. The number of fused-ring (bicyclic) bond motifs is 4. The minimum absolute atomic E-state index is 0.596. The smallest absolute Gasteiger partial charge is 0.0640 e. The van der Waals surface area contributed by atoms with Crippen molar-refractivity contribution in [3.8, 4) is 33.4 Å². The minimum Gasteiger partial charge on any atom is -0.308 e. The summed E-state index contributed by atoms with van der Waals surface area (Å²) in [6.07, 6.45) is 6.52. The third-order valence-electron chi connectivity index (χ3n) is 11.5. The number of benzene rings is 8. The molecule has 0 N–H and O–H groups in total. The molecule has 9 aromatic rings. The zero-order valence-corrected chi connectivity index (χ0v) is 31.1. The van der Waals surface area contributed by atoms with E-state index >= 15 is 0 Å². The summed E-state index contributed by atoms with van der Waals surface area (Å²) in [5, 5.41) is 5.33. The Morgan fingerprint density at radius 1 is 0.407 bits per heavy atom. The van der Waals surface area contributed by atoms with Crippen molar-refractivity contribution in [3.63, 3.8) is 0 Å². The highest BCUT2D eigenvalue weighted by Gasteiger charge is 2.25. The Kier molecular flexibility index (Phi) is 8.54. The van der Waals surface area contributed by atoms with Crippen LogP contribution in [0.25, 0.3) is 64.3 Å². The maximum atomic E-state index is 2.55. The number of thiophene rings is 1. The van der Waals surface area contributed by atoms with Crippen molar-refractivity contribution in [2.45, 2.75) is 38.0 Å². The van der Waals surface area contributed by atoms with Crippen molar-refractivity contribution in [2.75, 3.05) is 4.90 Å². The van der Waals surface area contributed by atoms with Gasteiger partial charge in [0.15, 0.2) is 0 Å². The maximum Gasteiger partial charge on any atom is 0.0640 e. The molecule has 0 amide bonds. The summed E-state index contributed by atoms with van der Waals surface area (Å²) in [5.74, 6) is 0.596. The van der Waals surface area contributed by atoms with Gasteiger partial charge in [0.1, 0.15) is 0 Å². The molecule has 10 rings (SSSR count). The monoisotopic (exact) mass is 711 g/mol. The van der Waals surface area contributed by atoms with Crippen LogP contribution in [0.5, 0.6) is 0 Å². The molecule has 1 saturated carbocycles. The van der Waals surface area contributed by atoms with Crippen LogP contribution in [0, 0.1) is 0 Å². The lowest BCUT2D eigenvalue weighted by Gasteiger charge is -2.31. The van der Waals surface area contributed by atoms with Crippen LogP contribution in [-0.2, 0) is 0 Å². The fourth-order valence-corrected chi connectivity index (χ4v) is 10.1. The summed E-state index contributed by atoms with van der Waals surface area (Å²) in [4.78, 5) is 2.55. The zero-order chi connectivity index (χ0) is 35.8. The van der Waals surface area contributed by atoms with Crippen LogP contribution in [-0.4, -0.2) is 0 Å². The molecule has 0 aliphatic heterocycles. The van der Waals surface area contributed by atoms with Crippen LogP contribution in [0.2, 0.25) is 0 Å². The third kappa shape index (κ3) is 5.79. The second-order valence-corrected chi connectivity index (χ2v) is 15.7. The quantitative estimate of drug-likeness (QED) is 0.159. The summed E-state index contributed by atoms with van der Waals surface area (Å²) in [6.45, 7) is 0. The molecular formula is C52H41NS. The first kappa shape index (κ1) is 32.7. The first-order valence-electron chi connectivity index (χ1n) is 19.4. The van der Waals surface area contributed by atoms with E-state index in [1.54, 1.807) is 0 Å². The fourth-order valence-electron chi connectivity index (χ4n) is 8.93. The van der Waals surface area contributed by atoms with E-state index in [0.717, 1.165) is 5.69 Å². The lowest BCUT2D eigenvalue weighted by atomic mass is 9.80. The largest absolute Gasteiger partial charge is 0.308 e. The van der Waals surface area contributed by atoms with Crippen molar-refractivity contribution >= 4 is 59.3 Å². The highest BCUT2D eigenvalue weighted by atomic mass is 32.1. The molecule has 0 atom stereocenters. The molecule has 1 fully saturated rings. The van der Waals surface area contributed by atoms with E-state index in [1.807, 2.05) is 11.3 Å². The number of hydrogen-bond donors (Lipinski definition) is 0. The van der Waals surface area contributed by atoms with Crippen molar-refractivity contribution in [2.24, 2.45) is 0 Å². The predicted octanol–water partition coefficient (Wildman–Crippen LogP) is 15.7. The fraction of sp³-hybridized carbons (Fsp3) is 0.115. The highest BCUT2D eigenvalue weighted by Crippen LogP contribution is 2.50. The predicted molar refractivity (Wildman–Crippen MR) is 234 cm³/mol. The number of para-hydroxylation sites is 2. The standard InChI is InChI=1S/C52H41NS/c1-3-16-36(17-4-1)37-32-34-39(35-33-37)41-22-7-10-28-47(41)53(49-30-15-27-46-44-24-9-12-31-50(44)54-52(46)49)48-29-11-8-23-43(48)45-26-14-21-40-20-13-25-42(51(40)45)38-18-5-2-6-19-38/h1,3-4,7-17,20-35,38H,2,5-6,18-19H2. The molecule has 0 radical (unpaired) electrons. The average Bonchev–Trinajstić information content (AvgIpc) is 3.64. The van der Waals surface area contributed by atoms with E-state index in [9.17, 15) is 0 Å². The Balaban J connectivity index is 1.22. The average molecular weight is 712 g/mol. The molecule has 0 saturated heterocycles. The summed E-state index contributed by atoms with van der Waals surface area (Å²) in [5.41, 5.74) is 12.5. The molecule has 1 aromatic heterocycles. The van der Waals surface area contributed by atoms with Crippen molar-refractivity contribution < 1.29 is 0 Å². The van der Waals surface area contributed by atoms with Gasteiger partial charge in [-0.15, -0.1) is 11.3 Å². The maximum absolute atomic E-state index is 2.55. The van der Waals surface area contributed by atoms with Crippen LogP contribution in [0.15, 0.2) is 182 Å². The van der Waals surface area contributed by atoms with Gasteiger partial charge < -0.3 is 4.90 Å². The molecule has 260 valence electrons. The summed E-state index contributed by atoms with van der Waals surface area (Å²) in [6, 6.07) is 67.4. The van der Waals surface area contributed by atoms with E-state index in [2.05, 4.69) is 187 Å². The lowest BCUT2D eigenvalue weighted by Crippen LogP contribution is -2.13. The van der Waals surface area contributed by atoms with E-state index in [0.29, 0.717) is 5.92 Å². The van der Waals surface area contributed by atoms with E-state index in [4.69, 9.17) is 0 Å². The van der Waals surface area contributed by atoms with Gasteiger partial charge in [-0.3, -0.25) is 0 Å². The molecule has 2 heteroatoms. The van der Waals surface area contributed by atoms with Gasteiger partial charge in [-0.2, -0.15) is 0 Å². The van der Waals surface area contributed by atoms with Gasteiger partial charge in [-0.05, 0) is 81.6 Å². The minimum atomic E-state index is 0.596. The van der Waals surface area contributed by atoms with E-state index < -0.39 is 0 Å². The normalized spacial score (nSPS) is 13.5. The van der Waals surface area contributed by atoms with Crippen LogP contribution < -0.4 is 4.90 Å². The summed E-state index contributed by atoms with van der Waals surface area (Å²) >= 11 is 1.89. The van der Waals surface area contributed by atoms with Crippen LogP contribution >= 0.6 is 11.3 Å². The first-order valence-corrected chi connectivity index (χ1v) is 20.2. The topological polar surface area (TPSA) is 3.24 Å². The number of rotatable bonds is 7. The van der Waals surface area contributed by atoms with Crippen LogP contribution in [0.4, 0.5) is 17.1 Å². The van der Waals surface area contributed by atoms with Gasteiger partial charge in [-0.25, -0.2) is 0 Å². The highest BCUT2D eigenvalue weighted by molar-refractivity contribution is 7.26. The molecule has 1 aliphatic rings. The van der Waals surface area contributed by atoms with Gasteiger partial charge in [0.25, 0.3) is 0 Å². The van der Waals surface area contributed by atoms with Crippen molar-refractivity contribution in [1.82, 2.24) is 0 Å². The molecule has 0 spiro atoms. The van der Waals surface area contributed by atoms with Crippen molar-refractivity contribution in [1.29, 1.82) is 0 Å². The van der Waals surface area contributed by atoms with Crippen LogP contribution in [0.1, 0.15) is 43.6 Å². The van der Waals surface area contributed by atoms with Crippen molar-refractivity contribution in [3.05, 3.63) is 188 Å². The van der Waals surface area contributed by atoms with Crippen LogP contribution in [0.3, 0.4) is 0 Å². The second-order valence-electron chi connectivity index (χ2n) is 14.7. The lowest BCUT2D eigenvalue weighted by molar-refractivity contribution is 0.445. The molecule has 54 heavy (non-hydrogen) atoms. The molecule has 1 nitrogen and oxygen atoms in total. The molecule has 1 heterocycles. The Labute approximate surface area is 321 Å². The Morgan fingerprint density at radius 2 is 0.981 bits per heavy atom. The first-order chi connectivity index (χ1) is 26.8. The molecule has 0 unspecified atom stereocenters. The number of anilines is 3. The van der Waals surface area contributed by atoms with E-state index in [-0.39, 0.29) is 0 Å².